The maximum atomic E-state index is 12.5. The SMILES string of the molecule is CCN(CC)C(=O)c1cc(C)nc(Nc2ccccc2OC)n1. The number of aromatic nitrogens is 2. The van der Waals surface area contributed by atoms with Gasteiger partial charge in [-0.15, -0.1) is 0 Å². The molecular formula is C17H22N4O2. The Balaban J connectivity index is 2.32. The Morgan fingerprint density at radius 2 is 1.91 bits per heavy atom. The number of benzene rings is 1. The molecule has 1 aromatic carbocycles. The number of anilines is 2. The van der Waals surface area contributed by atoms with Crippen LogP contribution in [-0.4, -0.2) is 41.0 Å². The quantitative estimate of drug-likeness (QED) is 0.887. The number of hydrogen-bond acceptors (Lipinski definition) is 5. The molecule has 1 heterocycles. The molecule has 0 aliphatic carbocycles. The van der Waals surface area contributed by atoms with Gasteiger partial charge >= 0.3 is 0 Å². The largest absolute Gasteiger partial charge is 0.495 e. The fraction of sp³-hybridized carbons (Fsp3) is 0.353. The lowest BCUT2D eigenvalue weighted by atomic mass is 10.3. The van der Waals surface area contributed by atoms with Gasteiger partial charge in [-0.05, 0) is 39.0 Å². The lowest BCUT2D eigenvalue weighted by Crippen LogP contribution is -2.31. The zero-order valence-corrected chi connectivity index (χ0v) is 14.0. The molecular weight excluding hydrogens is 292 g/mol. The van der Waals surface area contributed by atoms with Crippen molar-refractivity contribution in [2.45, 2.75) is 20.8 Å². The summed E-state index contributed by atoms with van der Waals surface area (Å²) < 4.78 is 5.31. The van der Waals surface area contributed by atoms with E-state index in [1.807, 2.05) is 45.0 Å². The lowest BCUT2D eigenvalue weighted by molar-refractivity contribution is 0.0767. The summed E-state index contributed by atoms with van der Waals surface area (Å²) in [4.78, 5) is 22.9. The van der Waals surface area contributed by atoms with Crippen molar-refractivity contribution in [2.75, 3.05) is 25.5 Å². The van der Waals surface area contributed by atoms with E-state index in [2.05, 4.69) is 15.3 Å². The minimum Gasteiger partial charge on any atom is -0.495 e. The van der Waals surface area contributed by atoms with Crippen LogP contribution in [0.4, 0.5) is 11.6 Å². The zero-order valence-electron chi connectivity index (χ0n) is 14.0. The molecule has 23 heavy (non-hydrogen) atoms. The molecule has 1 amide bonds. The molecule has 0 aliphatic heterocycles. The van der Waals surface area contributed by atoms with Crippen molar-refractivity contribution in [3.63, 3.8) is 0 Å². The summed E-state index contributed by atoms with van der Waals surface area (Å²) in [7, 11) is 1.60. The molecule has 0 aliphatic rings. The van der Waals surface area contributed by atoms with Gasteiger partial charge < -0.3 is 15.0 Å². The van der Waals surface area contributed by atoms with E-state index in [1.165, 1.54) is 0 Å². The second-order valence-electron chi connectivity index (χ2n) is 5.02. The Morgan fingerprint density at radius 1 is 1.22 bits per heavy atom. The second kappa shape index (κ2) is 7.58. The minimum absolute atomic E-state index is 0.0939. The molecule has 0 fully saturated rings. The number of rotatable bonds is 6. The predicted octanol–water partition coefficient (Wildman–Crippen LogP) is 3.02. The number of hydrogen-bond donors (Lipinski definition) is 1. The second-order valence-corrected chi connectivity index (χ2v) is 5.02. The highest BCUT2D eigenvalue weighted by atomic mass is 16.5. The van der Waals surface area contributed by atoms with Crippen LogP contribution >= 0.6 is 0 Å². The number of nitrogens with zero attached hydrogens (tertiary/aromatic N) is 3. The molecule has 0 unspecified atom stereocenters. The third-order valence-corrected chi connectivity index (χ3v) is 3.48. The summed E-state index contributed by atoms with van der Waals surface area (Å²) in [5.41, 5.74) is 1.87. The first-order valence-electron chi connectivity index (χ1n) is 7.64. The number of carbonyl (C=O) groups excluding carboxylic acids is 1. The number of amides is 1. The average Bonchev–Trinajstić information content (AvgIpc) is 2.56. The highest BCUT2D eigenvalue weighted by Crippen LogP contribution is 2.25. The molecule has 2 aromatic rings. The van der Waals surface area contributed by atoms with Crippen molar-refractivity contribution in [1.82, 2.24) is 14.9 Å². The minimum atomic E-state index is -0.0939. The van der Waals surface area contributed by atoms with Crippen molar-refractivity contribution < 1.29 is 9.53 Å². The van der Waals surface area contributed by atoms with Crippen LogP contribution in [-0.2, 0) is 0 Å². The molecule has 1 N–H and O–H groups in total. The third-order valence-electron chi connectivity index (χ3n) is 3.48. The summed E-state index contributed by atoms with van der Waals surface area (Å²) >= 11 is 0. The molecule has 6 heteroatoms. The number of aryl methyl sites for hydroxylation is 1. The van der Waals surface area contributed by atoms with Gasteiger partial charge in [0.1, 0.15) is 11.4 Å². The molecule has 0 atom stereocenters. The Bertz CT molecular complexity index is 684. The number of ether oxygens (including phenoxy) is 1. The van der Waals surface area contributed by atoms with Gasteiger partial charge in [0.05, 0.1) is 12.8 Å². The predicted molar refractivity (Wildman–Crippen MR) is 90.3 cm³/mol. The van der Waals surface area contributed by atoms with Gasteiger partial charge in [0.15, 0.2) is 0 Å². The van der Waals surface area contributed by atoms with E-state index < -0.39 is 0 Å². The van der Waals surface area contributed by atoms with Crippen molar-refractivity contribution in [3.05, 3.63) is 41.7 Å². The Hall–Kier alpha value is -2.63. The van der Waals surface area contributed by atoms with E-state index in [9.17, 15) is 4.79 Å². The third kappa shape index (κ3) is 3.97. The molecule has 0 bridgehead atoms. The van der Waals surface area contributed by atoms with E-state index in [-0.39, 0.29) is 5.91 Å². The van der Waals surface area contributed by atoms with E-state index >= 15 is 0 Å². The van der Waals surface area contributed by atoms with E-state index in [0.717, 1.165) is 11.4 Å². The standard InChI is InChI=1S/C17H22N4O2/c1-5-21(6-2)16(22)14-11-12(3)18-17(20-14)19-13-9-7-8-10-15(13)23-4/h7-11H,5-6H2,1-4H3,(H,18,19,20). The number of carbonyl (C=O) groups is 1. The van der Waals surface area contributed by atoms with E-state index in [1.54, 1.807) is 18.1 Å². The van der Waals surface area contributed by atoms with Gasteiger partial charge in [0.25, 0.3) is 5.91 Å². The van der Waals surface area contributed by atoms with Crippen LogP contribution in [0.3, 0.4) is 0 Å². The molecule has 0 spiro atoms. The molecule has 1 aromatic heterocycles. The first-order chi connectivity index (χ1) is 11.1. The fourth-order valence-electron chi connectivity index (χ4n) is 2.28. The summed E-state index contributed by atoms with van der Waals surface area (Å²) in [6.45, 7) is 7.03. The normalized spacial score (nSPS) is 10.3. The first kappa shape index (κ1) is 16.7. The summed E-state index contributed by atoms with van der Waals surface area (Å²) in [6.07, 6.45) is 0. The summed E-state index contributed by atoms with van der Waals surface area (Å²) in [6, 6.07) is 9.20. The molecule has 122 valence electrons. The topological polar surface area (TPSA) is 67.4 Å². The zero-order chi connectivity index (χ0) is 16.8. The monoisotopic (exact) mass is 314 g/mol. The van der Waals surface area contributed by atoms with Gasteiger partial charge in [0, 0.05) is 18.8 Å². The molecule has 0 radical (unpaired) electrons. The van der Waals surface area contributed by atoms with Crippen LogP contribution in [0.15, 0.2) is 30.3 Å². The van der Waals surface area contributed by atoms with Crippen LogP contribution in [0, 0.1) is 6.92 Å². The maximum absolute atomic E-state index is 12.5. The highest BCUT2D eigenvalue weighted by Gasteiger charge is 2.16. The van der Waals surface area contributed by atoms with Crippen LogP contribution in [0.1, 0.15) is 30.0 Å². The summed E-state index contributed by atoms with van der Waals surface area (Å²) in [5.74, 6) is 0.975. The smallest absolute Gasteiger partial charge is 0.272 e. The molecule has 0 saturated heterocycles. The Morgan fingerprint density at radius 3 is 2.57 bits per heavy atom. The number of methoxy groups -OCH3 is 1. The lowest BCUT2D eigenvalue weighted by Gasteiger charge is -2.18. The first-order valence-corrected chi connectivity index (χ1v) is 7.64. The number of nitrogens with one attached hydrogen (secondary N) is 1. The van der Waals surface area contributed by atoms with Crippen LogP contribution in [0.5, 0.6) is 5.75 Å². The van der Waals surface area contributed by atoms with Gasteiger partial charge in [-0.2, -0.15) is 0 Å². The molecule has 2 rings (SSSR count). The van der Waals surface area contributed by atoms with Crippen molar-refractivity contribution in [2.24, 2.45) is 0 Å². The maximum Gasteiger partial charge on any atom is 0.272 e. The van der Waals surface area contributed by atoms with E-state index in [4.69, 9.17) is 4.74 Å². The fourth-order valence-corrected chi connectivity index (χ4v) is 2.28. The molecule has 6 nitrogen and oxygen atoms in total. The number of para-hydroxylation sites is 2. The van der Waals surface area contributed by atoms with Crippen molar-refractivity contribution in [3.8, 4) is 5.75 Å². The van der Waals surface area contributed by atoms with Crippen molar-refractivity contribution >= 4 is 17.5 Å². The van der Waals surface area contributed by atoms with Crippen LogP contribution in [0.2, 0.25) is 0 Å². The van der Waals surface area contributed by atoms with Gasteiger partial charge in [-0.3, -0.25) is 4.79 Å². The van der Waals surface area contributed by atoms with Crippen LogP contribution in [0.25, 0.3) is 0 Å². The average molecular weight is 314 g/mol. The van der Waals surface area contributed by atoms with Crippen LogP contribution < -0.4 is 10.1 Å². The van der Waals surface area contributed by atoms with Crippen molar-refractivity contribution in [1.29, 1.82) is 0 Å². The van der Waals surface area contributed by atoms with Gasteiger partial charge in [-0.1, -0.05) is 12.1 Å². The highest BCUT2D eigenvalue weighted by molar-refractivity contribution is 5.92. The van der Waals surface area contributed by atoms with E-state index in [0.29, 0.717) is 30.5 Å². The Kier molecular flexibility index (Phi) is 5.51. The summed E-state index contributed by atoms with van der Waals surface area (Å²) in [5, 5.41) is 3.12. The van der Waals surface area contributed by atoms with Gasteiger partial charge in [0.2, 0.25) is 5.95 Å². The Labute approximate surface area is 136 Å². The molecule has 0 saturated carbocycles. The van der Waals surface area contributed by atoms with Gasteiger partial charge in [-0.25, -0.2) is 9.97 Å².